The predicted molar refractivity (Wildman–Crippen MR) is 205 cm³/mol. The zero-order chi connectivity index (χ0) is 50.4. The number of hydrogen-bond acceptors (Lipinski definition) is 12. The quantitative estimate of drug-likeness (QED) is 0.201. The summed E-state index contributed by atoms with van der Waals surface area (Å²) in [7, 11) is -5.69. The van der Waals surface area contributed by atoms with Crippen LogP contribution in [-0.4, -0.2) is 91.5 Å². The van der Waals surface area contributed by atoms with E-state index in [2.05, 4.69) is 0 Å². The number of fused-ring (bicyclic) bond motifs is 10. The summed E-state index contributed by atoms with van der Waals surface area (Å²) in [4.78, 5) is 66.8. The number of aliphatic hydroxyl groups is 4. The summed E-state index contributed by atoms with van der Waals surface area (Å²) in [5.74, 6) is -11.8. The fourth-order valence-corrected chi connectivity index (χ4v) is 14.3. The van der Waals surface area contributed by atoms with Crippen molar-refractivity contribution in [3.8, 4) is 0 Å². The van der Waals surface area contributed by atoms with Gasteiger partial charge in [0.15, 0.2) is 34.5 Å². The van der Waals surface area contributed by atoms with Crippen LogP contribution in [0.25, 0.3) is 0 Å². The molecule has 8 aliphatic carbocycles. The van der Waals surface area contributed by atoms with Gasteiger partial charge in [0.2, 0.25) is 0 Å². The summed E-state index contributed by atoms with van der Waals surface area (Å²) in [6, 6.07) is -3.29. The minimum atomic E-state index is -5.69. The summed E-state index contributed by atoms with van der Waals surface area (Å²) < 4.78 is 128. The topological polar surface area (TPSA) is 208 Å². The number of hydrogen-bond donors (Lipinski definition) is 4. The van der Waals surface area contributed by atoms with Crippen LogP contribution in [0.5, 0.6) is 0 Å². The summed E-state index contributed by atoms with van der Waals surface area (Å²) in [6.07, 6.45) is -10.1. The van der Waals surface area contributed by atoms with Gasteiger partial charge in [-0.1, -0.05) is 51.0 Å². The number of carbonyl (C=O) groups excluding carboxylic acids is 4. The molecule has 12 nitrogen and oxygen atoms in total. The Bertz CT molecular complexity index is 2330. The number of phosphoric acid groups is 1. The Labute approximate surface area is 382 Å². The SMILES string of the molecule is [2H]C1=C[C@@]2(C)C(=C([2H])C1=O)C([2H])([2H])C[C@H]1[C@@H]3C[C@@H](C)[C@](O)(C(=O)COP(=O)([O-])OCC(=O)[C@]4(O)[C@@H](C)C[C@@H]5[C@H]6CC([2H])([2H])C7=C([2H])C(=O)C([2H])=C[C@@]7(C)[C@]6(F)[C@H](O)C[C@]54C)[C@@]3(C)C[C@H](O)[C@@]12F.[Na+]. The van der Waals surface area contributed by atoms with E-state index < -0.39 is 210 Å². The van der Waals surface area contributed by atoms with Crippen LogP contribution >= 0.6 is 7.82 Å². The molecule has 17 atom stereocenters. The van der Waals surface area contributed by atoms with Crippen molar-refractivity contribution in [3.63, 3.8) is 0 Å². The third-order valence-electron chi connectivity index (χ3n) is 16.9. The van der Waals surface area contributed by atoms with Gasteiger partial charge in [0.05, 0.1) is 17.7 Å². The second-order valence-electron chi connectivity index (χ2n) is 19.3. The first-order chi connectivity index (χ1) is 30.4. The molecular weight excluding hydrogens is 812 g/mol. The van der Waals surface area contributed by atoms with Crippen molar-refractivity contribution >= 4 is 31.0 Å². The van der Waals surface area contributed by atoms with E-state index in [0.717, 1.165) is 12.2 Å². The Balaban J connectivity index is 0.00000684. The molecule has 4 N–H and O–H groups in total. The molecule has 0 aromatic rings. The number of Topliss-reactive ketones (excluding diaryl/α,β-unsaturated/α-hetero) is 2. The molecule has 0 radical (unpaired) electrons. The van der Waals surface area contributed by atoms with Crippen molar-refractivity contribution in [3.05, 3.63) is 47.5 Å². The van der Waals surface area contributed by atoms with E-state index in [1.165, 1.54) is 41.5 Å². The number of halogens is 2. The molecule has 60 heavy (non-hydrogen) atoms. The molecule has 0 saturated heterocycles. The molecular formula is C44H56F2NaO12P. The van der Waals surface area contributed by atoms with Gasteiger partial charge in [-0.05, 0) is 113 Å². The smallest absolute Gasteiger partial charge is 0.756 e. The molecule has 6 saturated carbocycles. The Hall–Kier alpha value is -1.55. The summed E-state index contributed by atoms with van der Waals surface area (Å²) in [5, 5.41) is 48.1. The van der Waals surface area contributed by atoms with Gasteiger partial charge < -0.3 is 34.4 Å². The Morgan fingerprint density at radius 3 is 1.48 bits per heavy atom. The van der Waals surface area contributed by atoms with Crippen molar-refractivity contribution in [1.82, 2.24) is 0 Å². The van der Waals surface area contributed by atoms with Crippen molar-refractivity contribution in [2.45, 2.75) is 128 Å². The zero-order valence-electron chi connectivity index (χ0n) is 42.7. The molecule has 0 spiro atoms. The first-order valence-electron chi connectivity index (χ1n) is 24.1. The predicted octanol–water partition coefficient (Wildman–Crippen LogP) is 1.33. The number of rotatable bonds is 8. The zero-order valence-corrected chi connectivity index (χ0v) is 37.6. The van der Waals surface area contributed by atoms with Crippen molar-refractivity contribution in [1.29, 1.82) is 0 Å². The fraction of sp³-hybridized carbons (Fsp3) is 0.727. The standard InChI is InChI=1S/C44H57F2O12P.Na/c1-23-15-31-29-9-7-25-17-27(47)11-13-37(25,3)41(29,45)33(49)19-39(31,5)43(23,53)35(51)21-57-59(55,56)58-22-36(52)44(54)24(2)16-32-30-10-8-26-18-28(48)12-14-38(26,4)42(30,46)34(50)20-40(32,44)6;/h11-14,17-18,23-24,29-34,49-50,53-54H,7-10,15-16,19-22H2,1-6H3,(H,55,56);/q;+1/p-1/t23-,24+,29+,30-,31+,32-,33+,34-,37+,38-,39+,40-,41+,42-,43+,44-;/i7D2,8D2,11D,12D,17D,18D;. The first kappa shape index (κ1) is 36.8. The molecule has 6 fully saturated rings. The Morgan fingerprint density at radius 2 is 1.13 bits per heavy atom. The summed E-state index contributed by atoms with van der Waals surface area (Å²) in [5.41, 5.74) is -19.5. The Kier molecular flexibility index (Phi) is 8.87. The van der Waals surface area contributed by atoms with Crippen molar-refractivity contribution < 1.29 is 107 Å². The minimum Gasteiger partial charge on any atom is -0.756 e. The second-order valence-corrected chi connectivity index (χ2v) is 20.7. The number of alkyl halides is 2. The van der Waals surface area contributed by atoms with Gasteiger partial charge in [0.25, 0.3) is 7.82 Å². The average molecular weight is 877 g/mol. The maximum Gasteiger partial charge on any atom is 1.00 e. The summed E-state index contributed by atoms with van der Waals surface area (Å²) in [6.45, 7) is 5.29. The van der Waals surface area contributed by atoms with Gasteiger partial charge in [-0.2, -0.15) is 0 Å². The molecule has 8 rings (SSSR count). The van der Waals surface area contributed by atoms with Gasteiger partial charge in [0, 0.05) is 39.0 Å². The van der Waals surface area contributed by atoms with Gasteiger partial charge >= 0.3 is 29.6 Å². The van der Waals surface area contributed by atoms with Gasteiger partial charge in [0.1, 0.15) is 24.4 Å². The van der Waals surface area contributed by atoms with E-state index in [4.69, 9.17) is 20.0 Å². The third-order valence-corrected chi connectivity index (χ3v) is 17.8. The molecule has 0 aromatic heterocycles. The second kappa shape index (κ2) is 14.5. The third kappa shape index (κ3) is 5.70. The molecule has 0 amide bonds. The molecule has 0 heterocycles. The van der Waals surface area contributed by atoms with Crippen LogP contribution in [0, 0.1) is 57.2 Å². The van der Waals surface area contributed by atoms with Crippen LogP contribution in [0.2, 0.25) is 0 Å². The maximum atomic E-state index is 17.9. The van der Waals surface area contributed by atoms with E-state index >= 15 is 8.78 Å². The largest absolute Gasteiger partial charge is 1.00 e. The number of phosphoric ester groups is 1. The average Bonchev–Trinajstić information content (AvgIpc) is 3.54. The van der Waals surface area contributed by atoms with E-state index in [-0.39, 0.29) is 42.4 Å². The number of allylic oxidation sites excluding steroid dienone is 8. The fourth-order valence-electron chi connectivity index (χ4n) is 13.7. The van der Waals surface area contributed by atoms with Crippen LogP contribution in [0.1, 0.15) is 104 Å². The molecule has 1 unspecified atom stereocenters. The van der Waals surface area contributed by atoms with E-state index in [1.807, 2.05) is 0 Å². The van der Waals surface area contributed by atoms with Gasteiger partial charge in [-0.15, -0.1) is 0 Å². The van der Waals surface area contributed by atoms with Crippen molar-refractivity contribution in [2.75, 3.05) is 13.2 Å². The van der Waals surface area contributed by atoms with Crippen molar-refractivity contribution in [2.24, 2.45) is 57.2 Å². The Morgan fingerprint density at radius 1 is 0.783 bits per heavy atom. The molecule has 8 aliphatic rings. The van der Waals surface area contributed by atoms with E-state index in [0.29, 0.717) is 0 Å². The number of aliphatic hydroxyl groups excluding tert-OH is 2. The van der Waals surface area contributed by atoms with Crippen LogP contribution in [0.15, 0.2) is 47.5 Å². The monoisotopic (exact) mass is 876 g/mol. The summed E-state index contributed by atoms with van der Waals surface area (Å²) >= 11 is 0. The van der Waals surface area contributed by atoms with Crippen LogP contribution in [-0.2, 0) is 32.8 Å². The minimum absolute atomic E-state index is 0. The molecule has 16 heteroatoms. The molecule has 0 aliphatic heterocycles. The van der Waals surface area contributed by atoms with E-state index in [1.54, 1.807) is 0 Å². The van der Waals surface area contributed by atoms with Gasteiger partial charge in [-0.25, -0.2) is 8.78 Å². The first-order valence-corrected chi connectivity index (χ1v) is 21.6. The molecule has 324 valence electrons. The van der Waals surface area contributed by atoms with Gasteiger partial charge in [-0.3, -0.25) is 23.7 Å². The van der Waals surface area contributed by atoms with Crippen LogP contribution in [0.4, 0.5) is 8.78 Å². The molecule has 0 aromatic carbocycles. The van der Waals surface area contributed by atoms with Crippen LogP contribution < -0.4 is 34.5 Å². The number of carbonyl (C=O) groups is 4. The van der Waals surface area contributed by atoms with Crippen LogP contribution in [0.3, 0.4) is 0 Å². The number of ketones is 4. The van der Waals surface area contributed by atoms with E-state index in [9.17, 15) is 49.1 Å². The molecule has 0 bridgehead atoms. The normalized spacial score (nSPS) is 55.3. The maximum absolute atomic E-state index is 17.9.